The first-order valence-corrected chi connectivity index (χ1v) is 4.19. The summed E-state index contributed by atoms with van der Waals surface area (Å²) in [6.45, 7) is -0.341. The molecule has 66 valence electrons. The molecule has 1 rings (SSSR count). The first-order valence-electron chi connectivity index (χ1n) is 4.19. The average molecular weight is 161 g/mol. The second-order valence-corrected chi connectivity index (χ2v) is 3.53. The van der Waals surface area contributed by atoms with E-state index in [1.54, 1.807) is 0 Å². The van der Waals surface area contributed by atoms with Crippen LogP contribution in [0.2, 0.25) is 0 Å². The molecule has 0 aliphatic heterocycles. The van der Waals surface area contributed by atoms with Crippen molar-refractivity contribution in [1.29, 1.82) is 0 Å². The normalized spacial score (nSPS) is 39.0. The number of aliphatic hydroxyl groups is 1. The SMILES string of the molecule is NC1(CCF)CCC(O)CC1. The zero-order valence-corrected chi connectivity index (χ0v) is 6.72. The van der Waals surface area contributed by atoms with Gasteiger partial charge in [-0.3, -0.25) is 4.39 Å². The van der Waals surface area contributed by atoms with Crippen LogP contribution in [0, 0.1) is 0 Å². The molecular formula is C8H16FNO. The molecule has 0 aromatic carbocycles. The summed E-state index contributed by atoms with van der Waals surface area (Å²) in [4.78, 5) is 0. The van der Waals surface area contributed by atoms with Gasteiger partial charge < -0.3 is 10.8 Å². The fourth-order valence-corrected chi connectivity index (χ4v) is 1.62. The van der Waals surface area contributed by atoms with Gasteiger partial charge in [-0.2, -0.15) is 0 Å². The van der Waals surface area contributed by atoms with Gasteiger partial charge in [0.25, 0.3) is 0 Å². The zero-order valence-electron chi connectivity index (χ0n) is 6.72. The zero-order chi connectivity index (χ0) is 8.32. The topological polar surface area (TPSA) is 46.2 Å². The maximum absolute atomic E-state index is 12.0. The number of hydrogen-bond acceptors (Lipinski definition) is 2. The van der Waals surface area contributed by atoms with E-state index in [1.165, 1.54) is 0 Å². The summed E-state index contributed by atoms with van der Waals surface area (Å²) in [5, 5.41) is 9.16. The Morgan fingerprint density at radius 1 is 1.45 bits per heavy atom. The van der Waals surface area contributed by atoms with Crippen LogP contribution in [-0.2, 0) is 0 Å². The van der Waals surface area contributed by atoms with Crippen molar-refractivity contribution >= 4 is 0 Å². The number of rotatable bonds is 2. The lowest BCUT2D eigenvalue weighted by molar-refractivity contribution is 0.0918. The molecule has 0 radical (unpaired) electrons. The Bertz CT molecular complexity index is 121. The van der Waals surface area contributed by atoms with Crippen LogP contribution in [0.15, 0.2) is 0 Å². The lowest BCUT2D eigenvalue weighted by atomic mass is 9.79. The van der Waals surface area contributed by atoms with Crippen LogP contribution < -0.4 is 5.73 Å². The third-order valence-electron chi connectivity index (χ3n) is 2.54. The smallest absolute Gasteiger partial charge is 0.0911 e. The van der Waals surface area contributed by atoms with Crippen molar-refractivity contribution in [3.8, 4) is 0 Å². The van der Waals surface area contributed by atoms with Crippen molar-refractivity contribution in [1.82, 2.24) is 0 Å². The molecule has 0 bridgehead atoms. The van der Waals surface area contributed by atoms with Crippen molar-refractivity contribution in [2.75, 3.05) is 6.67 Å². The molecule has 0 unspecified atom stereocenters. The van der Waals surface area contributed by atoms with E-state index in [-0.39, 0.29) is 18.3 Å². The summed E-state index contributed by atoms with van der Waals surface area (Å²) in [7, 11) is 0. The average Bonchev–Trinajstić information content (AvgIpc) is 1.97. The van der Waals surface area contributed by atoms with E-state index in [0.717, 1.165) is 25.7 Å². The van der Waals surface area contributed by atoms with Gasteiger partial charge in [-0.1, -0.05) is 0 Å². The second kappa shape index (κ2) is 3.50. The van der Waals surface area contributed by atoms with E-state index in [1.807, 2.05) is 0 Å². The van der Waals surface area contributed by atoms with Crippen molar-refractivity contribution < 1.29 is 9.50 Å². The van der Waals surface area contributed by atoms with Crippen molar-refractivity contribution in [3.05, 3.63) is 0 Å². The third kappa shape index (κ3) is 2.42. The number of alkyl halides is 1. The van der Waals surface area contributed by atoms with Gasteiger partial charge >= 0.3 is 0 Å². The predicted molar refractivity (Wildman–Crippen MR) is 42.0 cm³/mol. The van der Waals surface area contributed by atoms with Gasteiger partial charge in [0.15, 0.2) is 0 Å². The van der Waals surface area contributed by atoms with Gasteiger partial charge in [0.2, 0.25) is 0 Å². The van der Waals surface area contributed by atoms with Crippen LogP contribution in [0.25, 0.3) is 0 Å². The molecule has 0 amide bonds. The summed E-state index contributed by atoms with van der Waals surface area (Å²) in [6.07, 6.45) is 3.23. The summed E-state index contributed by atoms with van der Waals surface area (Å²) < 4.78 is 12.0. The molecule has 0 heterocycles. The molecule has 0 spiro atoms. The highest BCUT2D eigenvalue weighted by molar-refractivity contribution is 4.89. The molecule has 0 saturated heterocycles. The second-order valence-electron chi connectivity index (χ2n) is 3.53. The Hall–Kier alpha value is -0.150. The lowest BCUT2D eigenvalue weighted by Crippen LogP contribution is -2.44. The Labute approximate surface area is 66.6 Å². The molecule has 0 aromatic rings. The van der Waals surface area contributed by atoms with E-state index < -0.39 is 0 Å². The van der Waals surface area contributed by atoms with Gasteiger partial charge in [0, 0.05) is 5.54 Å². The lowest BCUT2D eigenvalue weighted by Gasteiger charge is -2.34. The maximum atomic E-state index is 12.0. The Kier molecular flexibility index (Phi) is 2.84. The molecule has 0 aromatic heterocycles. The summed E-state index contributed by atoms with van der Waals surface area (Å²) in [5.41, 5.74) is 5.56. The number of aliphatic hydroxyl groups excluding tert-OH is 1. The molecule has 1 fully saturated rings. The summed E-state index contributed by atoms with van der Waals surface area (Å²) in [6, 6.07) is 0. The van der Waals surface area contributed by atoms with E-state index in [2.05, 4.69) is 0 Å². The van der Waals surface area contributed by atoms with E-state index in [0.29, 0.717) is 6.42 Å². The monoisotopic (exact) mass is 161 g/mol. The molecule has 3 N–H and O–H groups in total. The minimum absolute atomic E-state index is 0.203. The van der Waals surface area contributed by atoms with Gasteiger partial charge in [0.05, 0.1) is 12.8 Å². The number of nitrogens with two attached hydrogens (primary N) is 1. The van der Waals surface area contributed by atoms with E-state index in [9.17, 15) is 4.39 Å². The van der Waals surface area contributed by atoms with Crippen LogP contribution in [-0.4, -0.2) is 23.4 Å². The van der Waals surface area contributed by atoms with Gasteiger partial charge in [-0.05, 0) is 32.1 Å². The fourth-order valence-electron chi connectivity index (χ4n) is 1.62. The highest BCUT2D eigenvalue weighted by Crippen LogP contribution is 2.28. The first kappa shape index (κ1) is 8.94. The Morgan fingerprint density at radius 3 is 2.45 bits per heavy atom. The molecule has 3 heteroatoms. The van der Waals surface area contributed by atoms with Gasteiger partial charge in [-0.25, -0.2) is 0 Å². The minimum atomic E-state index is -0.341. The molecule has 1 aliphatic rings. The van der Waals surface area contributed by atoms with Crippen molar-refractivity contribution in [2.45, 2.75) is 43.7 Å². The van der Waals surface area contributed by atoms with Crippen molar-refractivity contribution in [2.24, 2.45) is 5.73 Å². The first-order chi connectivity index (χ1) is 5.16. The standard InChI is InChI=1S/C8H16FNO/c9-6-5-8(10)3-1-7(11)2-4-8/h7,11H,1-6,10H2. The van der Waals surface area contributed by atoms with E-state index in [4.69, 9.17) is 10.8 Å². The molecule has 0 atom stereocenters. The number of halogens is 1. The van der Waals surface area contributed by atoms with Crippen LogP contribution in [0.1, 0.15) is 32.1 Å². The van der Waals surface area contributed by atoms with Crippen LogP contribution in [0.5, 0.6) is 0 Å². The predicted octanol–water partition coefficient (Wildman–Crippen LogP) is 0.978. The summed E-state index contributed by atoms with van der Waals surface area (Å²) in [5.74, 6) is 0. The molecule has 11 heavy (non-hydrogen) atoms. The molecule has 1 saturated carbocycles. The van der Waals surface area contributed by atoms with Crippen molar-refractivity contribution in [3.63, 3.8) is 0 Å². The highest BCUT2D eigenvalue weighted by Gasteiger charge is 2.30. The molecular weight excluding hydrogens is 145 g/mol. The minimum Gasteiger partial charge on any atom is -0.393 e. The van der Waals surface area contributed by atoms with Crippen LogP contribution in [0.4, 0.5) is 4.39 Å². The molecule has 2 nitrogen and oxygen atoms in total. The largest absolute Gasteiger partial charge is 0.393 e. The summed E-state index contributed by atoms with van der Waals surface area (Å²) >= 11 is 0. The third-order valence-corrected chi connectivity index (χ3v) is 2.54. The Balaban J connectivity index is 2.35. The van der Waals surface area contributed by atoms with Crippen LogP contribution >= 0.6 is 0 Å². The van der Waals surface area contributed by atoms with Crippen LogP contribution in [0.3, 0.4) is 0 Å². The number of hydrogen-bond donors (Lipinski definition) is 2. The Morgan fingerprint density at radius 2 is 2.00 bits per heavy atom. The highest BCUT2D eigenvalue weighted by atomic mass is 19.1. The fraction of sp³-hybridized carbons (Fsp3) is 1.00. The molecule has 1 aliphatic carbocycles. The van der Waals surface area contributed by atoms with Gasteiger partial charge in [-0.15, -0.1) is 0 Å². The maximum Gasteiger partial charge on any atom is 0.0911 e. The van der Waals surface area contributed by atoms with E-state index >= 15 is 0 Å². The van der Waals surface area contributed by atoms with Gasteiger partial charge in [0.1, 0.15) is 0 Å². The quantitative estimate of drug-likeness (QED) is 0.634.